The van der Waals surface area contributed by atoms with E-state index in [1.165, 1.54) is 11.1 Å². The van der Waals surface area contributed by atoms with Gasteiger partial charge in [0.25, 0.3) is 0 Å². The Hall–Kier alpha value is -1.16. The number of hydrogen-bond acceptors (Lipinski definition) is 3. The Balaban J connectivity index is 1.67. The van der Waals surface area contributed by atoms with Crippen molar-refractivity contribution in [1.82, 2.24) is 10.2 Å². The number of nitrogens with one attached hydrogen (secondary N) is 1. The third-order valence-electron chi connectivity index (χ3n) is 4.05. The molecule has 1 atom stereocenters. The zero-order valence-electron chi connectivity index (χ0n) is 12.0. The fourth-order valence-electron chi connectivity index (χ4n) is 2.89. The third kappa shape index (κ3) is 3.11. The van der Waals surface area contributed by atoms with Gasteiger partial charge in [-0.1, -0.05) is 37.3 Å². The van der Waals surface area contributed by atoms with E-state index in [-0.39, 0.29) is 0 Å². The molecule has 1 aliphatic heterocycles. The topological polar surface area (TPSA) is 15.3 Å². The van der Waals surface area contributed by atoms with E-state index in [2.05, 4.69) is 58.9 Å². The quantitative estimate of drug-likeness (QED) is 0.926. The van der Waals surface area contributed by atoms with Crippen molar-refractivity contribution in [3.05, 3.63) is 57.8 Å². The number of nitrogens with zero attached hydrogens (tertiary/aromatic N) is 1. The zero-order valence-corrected chi connectivity index (χ0v) is 12.8. The molecule has 1 saturated heterocycles. The highest BCUT2D eigenvalue weighted by Crippen LogP contribution is 2.23. The van der Waals surface area contributed by atoms with Gasteiger partial charge in [-0.25, -0.2) is 0 Å². The van der Waals surface area contributed by atoms with Crippen LogP contribution in [0.3, 0.4) is 0 Å². The van der Waals surface area contributed by atoms with Crippen LogP contribution in [0.5, 0.6) is 0 Å². The van der Waals surface area contributed by atoms with E-state index in [0.717, 1.165) is 32.6 Å². The summed E-state index contributed by atoms with van der Waals surface area (Å²) < 4.78 is 0. The number of hydrogen-bond donors (Lipinski definition) is 1. The van der Waals surface area contributed by atoms with Gasteiger partial charge in [-0.15, -0.1) is 11.3 Å². The summed E-state index contributed by atoms with van der Waals surface area (Å²) in [6.07, 6.45) is 1.15. The van der Waals surface area contributed by atoms with Gasteiger partial charge in [-0.2, -0.15) is 0 Å². The van der Waals surface area contributed by atoms with Crippen molar-refractivity contribution in [1.29, 1.82) is 0 Å². The van der Waals surface area contributed by atoms with Crippen LogP contribution in [0.4, 0.5) is 0 Å². The Labute approximate surface area is 125 Å². The van der Waals surface area contributed by atoms with E-state index in [1.807, 2.05) is 11.3 Å². The molecule has 3 rings (SSSR count). The number of aryl methyl sites for hydroxylation is 1. The van der Waals surface area contributed by atoms with Crippen LogP contribution in [0.15, 0.2) is 41.8 Å². The molecule has 0 saturated carbocycles. The maximum atomic E-state index is 3.64. The molecule has 3 heteroatoms. The summed E-state index contributed by atoms with van der Waals surface area (Å²) in [5.41, 5.74) is 2.92. The third-order valence-corrected chi connectivity index (χ3v) is 5.00. The molecule has 1 unspecified atom stereocenters. The van der Waals surface area contributed by atoms with Crippen molar-refractivity contribution in [2.24, 2.45) is 0 Å². The summed E-state index contributed by atoms with van der Waals surface area (Å²) in [5, 5.41) is 5.86. The molecular formula is C17H22N2S. The Morgan fingerprint density at radius 2 is 2.10 bits per heavy atom. The van der Waals surface area contributed by atoms with Crippen molar-refractivity contribution in [2.45, 2.75) is 25.9 Å². The van der Waals surface area contributed by atoms with Gasteiger partial charge in [-0.05, 0) is 29.0 Å². The van der Waals surface area contributed by atoms with Crippen LogP contribution in [-0.4, -0.2) is 24.5 Å². The molecule has 1 aliphatic rings. The lowest BCUT2D eigenvalue weighted by Crippen LogP contribution is -2.45. The van der Waals surface area contributed by atoms with Crippen LogP contribution < -0.4 is 5.32 Å². The Morgan fingerprint density at radius 3 is 2.90 bits per heavy atom. The van der Waals surface area contributed by atoms with Gasteiger partial charge < -0.3 is 5.32 Å². The maximum absolute atomic E-state index is 3.64. The summed E-state index contributed by atoms with van der Waals surface area (Å²) in [6, 6.07) is 13.5. The number of thiophene rings is 1. The number of piperazine rings is 1. The van der Waals surface area contributed by atoms with Crippen molar-refractivity contribution in [2.75, 3.05) is 19.6 Å². The van der Waals surface area contributed by atoms with Crippen LogP contribution in [0, 0.1) is 0 Å². The normalized spacial score (nSPS) is 20.1. The summed E-state index contributed by atoms with van der Waals surface area (Å²) in [4.78, 5) is 4.13. The fraction of sp³-hybridized carbons (Fsp3) is 0.412. The second-order valence-electron chi connectivity index (χ2n) is 5.38. The van der Waals surface area contributed by atoms with Gasteiger partial charge in [0.15, 0.2) is 0 Å². The van der Waals surface area contributed by atoms with Crippen molar-refractivity contribution in [3.63, 3.8) is 0 Å². The van der Waals surface area contributed by atoms with Crippen molar-refractivity contribution in [3.8, 4) is 0 Å². The van der Waals surface area contributed by atoms with Gasteiger partial charge in [0.05, 0.1) is 0 Å². The van der Waals surface area contributed by atoms with E-state index in [1.54, 1.807) is 4.88 Å². The minimum atomic E-state index is 0.468. The van der Waals surface area contributed by atoms with E-state index >= 15 is 0 Å². The summed E-state index contributed by atoms with van der Waals surface area (Å²) >= 11 is 1.90. The van der Waals surface area contributed by atoms with E-state index in [0.29, 0.717) is 6.04 Å². The Morgan fingerprint density at radius 1 is 1.25 bits per heavy atom. The summed E-state index contributed by atoms with van der Waals surface area (Å²) in [5.74, 6) is 0. The molecule has 1 fully saturated rings. The first-order chi connectivity index (χ1) is 9.86. The van der Waals surface area contributed by atoms with Crippen LogP contribution in [0.2, 0.25) is 0 Å². The minimum absolute atomic E-state index is 0.468. The van der Waals surface area contributed by atoms with Gasteiger partial charge in [-0.3, -0.25) is 4.90 Å². The molecule has 106 valence electrons. The van der Waals surface area contributed by atoms with Crippen LogP contribution in [0.1, 0.15) is 29.0 Å². The van der Waals surface area contributed by atoms with Crippen molar-refractivity contribution < 1.29 is 0 Å². The molecule has 1 aromatic carbocycles. The largest absolute Gasteiger partial charge is 0.308 e. The molecule has 20 heavy (non-hydrogen) atoms. The molecule has 2 aromatic rings. The standard InChI is InChI=1S/C17H22N2S/c1-2-14-8-11-20-17(14)13-19-10-9-18-16(12-19)15-6-4-3-5-7-15/h3-8,11,16,18H,2,9-10,12-13H2,1H3. The summed E-state index contributed by atoms with van der Waals surface area (Å²) in [7, 11) is 0. The first-order valence-electron chi connectivity index (χ1n) is 7.42. The molecule has 0 radical (unpaired) electrons. The molecule has 0 amide bonds. The lowest BCUT2D eigenvalue weighted by atomic mass is 10.0. The first-order valence-corrected chi connectivity index (χ1v) is 8.30. The van der Waals surface area contributed by atoms with E-state index < -0.39 is 0 Å². The molecule has 2 heterocycles. The average Bonchev–Trinajstić information content (AvgIpc) is 2.96. The second-order valence-corrected chi connectivity index (χ2v) is 6.38. The lowest BCUT2D eigenvalue weighted by Gasteiger charge is -2.34. The molecule has 0 spiro atoms. The predicted molar refractivity (Wildman–Crippen MR) is 86.2 cm³/mol. The number of benzene rings is 1. The second kappa shape index (κ2) is 6.53. The predicted octanol–water partition coefficient (Wildman–Crippen LogP) is 3.46. The maximum Gasteiger partial charge on any atom is 0.0449 e. The van der Waals surface area contributed by atoms with Crippen LogP contribution in [-0.2, 0) is 13.0 Å². The van der Waals surface area contributed by atoms with E-state index in [9.17, 15) is 0 Å². The van der Waals surface area contributed by atoms with Crippen LogP contribution >= 0.6 is 11.3 Å². The SMILES string of the molecule is CCc1ccsc1CN1CCNC(c2ccccc2)C1. The Bertz CT molecular complexity index is 535. The first kappa shape index (κ1) is 13.8. The fourth-order valence-corrected chi connectivity index (χ4v) is 3.90. The average molecular weight is 286 g/mol. The van der Waals surface area contributed by atoms with Gasteiger partial charge >= 0.3 is 0 Å². The highest BCUT2D eigenvalue weighted by atomic mass is 32.1. The Kier molecular flexibility index (Phi) is 4.51. The van der Waals surface area contributed by atoms with Crippen molar-refractivity contribution >= 4 is 11.3 Å². The summed E-state index contributed by atoms with van der Waals surface area (Å²) in [6.45, 7) is 6.67. The number of rotatable bonds is 4. The lowest BCUT2D eigenvalue weighted by molar-refractivity contribution is 0.194. The minimum Gasteiger partial charge on any atom is -0.308 e. The van der Waals surface area contributed by atoms with Crippen LogP contribution in [0.25, 0.3) is 0 Å². The molecule has 0 aliphatic carbocycles. The molecule has 1 aromatic heterocycles. The monoisotopic (exact) mass is 286 g/mol. The molecule has 0 bridgehead atoms. The smallest absolute Gasteiger partial charge is 0.0449 e. The molecule has 1 N–H and O–H groups in total. The van der Waals surface area contributed by atoms with Gasteiger partial charge in [0.1, 0.15) is 0 Å². The molecule has 2 nitrogen and oxygen atoms in total. The molecular weight excluding hydrogens is 264 g/mol. The highest BCUT2D eigenvalue weighted by molar-refractivity contribution is 7.10. The highest BCUT2D eigenvalue weighted by Gasteiger charge is 2.21. The zero-order chi connectivity index (χ0) is 13.8. The van der Waals surface area contributed by atoms with E-state index in [4.69, 9.17) is 0 Å². The van der Waals surface area contributed by atoms with Gasteiger partial charge in [0, 0.05) is 37.1 Å². The van der Waals surface area contributed by atoms with Gasteiger partial charge in [0.2, 0.25) is 0 Å².